The van der Waals surface area contributed by atoms with Gasteiger partial charge < -0.3 is 10.2 Å². The summed E-state index contributed by atoms with van der Waals surface area (Å²) in [5, 5.41) is 4.15. The van der Waals surface area contributed by atoms with Gasteiger partial charge in [-0.2, -0.15) is 4.98 Å². The number of rotatable bonds is 4. The number of hydrogen-bond acceptors (Lipinski definition) is 4. The number of benzene rings is 1. The third kappa shape index (κ3) is 4.58. The Balaban J connectivity index is 1.70. The first-order valence-corrected chi connectivity index (χ1v) is 8.67. The number of aromatic nitrogens is 2. The Labute approximate surface area is 142 Å². The molecule has 0 saturated carbocycles. The SMILES string of the molecule is Cc1cc(NCc2ccc(Cl)cc2)nc(N2CCCCCC2)n1. The summed E-state index contributed by atoms with van der Waals surface area (Å²) in [7, 11) is 0. The number of nitrogens with zero attached hydrogens (tertiary/aromatic N) is 3. The van der Waals surface area contributed by atoms with Gasteiger partial charge in [-0.3, -0.25) is 0 Å². The molecule has 1 aromatic heterocycles. The van der Waals surface area contributed by atoms with E-state index in [1.165, 1.54) is 31.2 Å². The first-order chi connectivity index (χ1) is 11.2. The Morgan fingerprint density at radius 1 is 1.04 bits per heavy atom. The number of anilines is 2. The van der Waals surface area contributed by atoms with Crippen LogP contribution < -0.4 is 10.2 Å². The van der Waals surface area contributed by atoms with Gasteiger partial charge in [-0.15, -0.1) is 0 Å². The van der Waals surface area contributed by atoms with Crippen LogP contribution >= 0.6 is 11.6 Å². The average molecular weight is 331 g/mol. The summed E-state index contributed by atoms with van der Waals surface area (Å²) >= 11 is 5.92. The zero-order chi connectivity index (χ0) is 16.1. The Morgan fingerprint density at radius 2 is 1.74 bits per heavy atom. The van der Waals surface area contributed by atoms with E-state index in [1.54, 1.807) is 0 Å². The molecule has 0 unspecified atom stereocenters. The predicted octanol–water partition coefficient (Wildman–Crippen LogP) is 4.43. The van der Waals surface area contributed by atoms with E-state index in [1.807, 2.05) is 37.3 Å². The Morgan fingerprint density at radius 3 is 2.43 bits per heavy atom. The van der Waals surface area contributed by atoms with Crippen molar-refractivity contribution >= 4 is 23.4 Å². The molecule has 3 rings (SSSR count). The van der Waals surface area contributed by atoms with E-state index in [-0.39, 0.29) is 0 Å². The highest BCUT2D eigenvalue weighted by atomic mass is 35.5. The molecule has 0 spiro atoms. The number of aryl methyl sites for hydroxylation is 1. The van der Waals surface area contributed by atoms with Crippen LogP contribution in [-0.2, 0) is 6.54 Å². The fourth-order valence-corrected chi connectivity index (χ4v) is 2.98. The summed E-state index contributed by atoms with van der Waals surface area (Å²) in [4.78, 5) is 11.6. The molecule has 2 heterocycles. The van der Waals surface area contributed by atoms with Crippen molar-refractivity contribution in [1.29, 1.82) is 0 Å². The summed E-state index contributed by atoms with van der Waals surface area (Å²) < 4.78 is 0. The highest BCUT2D eigenvalue weighted by Gasteiger charge is 2.13. The number of halogens is 1. The fourth-order valence-electron chi connectivity index (χ4n) is 2.85. The zero-order valence-corrected chi connectivity index (χ0v) is 14.3. The van der Waals surface area contributed by atoms with Crippen LogP contribution in [0, 0.1) is 6.92 Å². The van der Waals surface area contributed by atoms with Gasteiger partial charge in [0.25, 0.3) is 0 Å². The van der Waals surface area contributed by atoms with E-state index in [0.717, 1.165) is 42.1 Å². The molecule has 0 radical (unpaired) electrons. The van der Waals surface area contributed by atoms with Crippen molar-refractivity contribution in [2.75, 3.05) is 23.3 Å². The molecule has 4 nitrogen and oxygen atoms in total. The van der Waals surface area contributed by atoms with Crippen LogP contribution in [-0.4, -0.2) is 23.1 Å². The van der Waals surface area contributed by atoms with Gasteiger partial charge in [0.2, 0.25) is 5.95 Å². The Hall–Kier alpha value is -1.81. The fraction of sp³-hybridized carbons (Fsp3) is 0.444. The monoisotopic (exact) mass is 330 g/mol. The van der Waals surface area contributed by atoms with Crippen molar-refractivity contribution in [1.82, 2.24) is 9.97 Å². The minimum atomic E-state index is 0.729. The minimum Gasteiger partial charge on any atom is -0.366 e. The van der Waals surface area contributed by atoms with E-state index in [0.29, 0.717) is 0 Å². The molecule has 1 saturated heterocycles. The third-order valence-electron chi connectivity index (χ3n) is 4.12. The van der Waals surface area contributed by atoms with Gasteiger partial charge in [0, 0.05) is 36.4 Å². The highest BCUT2D eigenvalue weighted by molar-refractivity contribution is 6.30. The van der Waals surface area contributed by atoms with Crippen LogP contribution in [0.4, 0.5) is 11.8 Å². The molecule has 1 N–H and O–H groups in total. The van der Waals surface area contributed by atoms with Gasteiger partial charge in [-0.1, -0.05) is 36.6 Å². The van der Waals surface area contributed by atoms with Crippen LogP contribution in [0.2, 0.25) is 5.02 Å². The van der Waals surface area contributed by atoms with Crippen molar-refractivity contribution in [3.05, 3.63) is 46.6 Å². The largest absolute Gasteiger partial charge is 0.366 e. The molecule has 0 atom stereocenters. The molecule has 1 aliphatic rings. The maximum absolute atomic E-state index is 5.92. The second kappa shape index (κ2) is 7.64. The number of hydrogen-bond donors (Lipinski definition) is 1. The van der Waals surface area contributed by atoms with Gasteiger partial charge >= 0.3 is 0 Å². The average Bonchev–Trinajstić information content (AvgIpc) is 2.83. The molecule has 1 aromatic carbocycles. The molecular formula is C18H23ClN4. The summed E-state index contributed by atoms with van der Waals surface area (Å²) in [5.74, 6) is 1.73. The van der Waals surface area contributed by atoms with Crippen molar-refractivity contribution in [3.63, 3.8) is 0 Å². The standard InChI is InChI=1S/C18H23ClN4/c1-14-12-17(20-13-15-6-8-16(19)9-7-15)22-18(21-14)23-10-4-2-3-5-11-23/h6-9,12H,2-5,10-11,13H2,1H3,(H,20,21,22). The molecule has 2 aromatic rings. The molecule has 23 heavy (non-hydrogen) atoms. The second-order valence-corrected chi connectivity index (χ2v) is 6.51. The Bertz CT molecular complexity index is 634. The van der Waals surface area contributed by atoms with Crippen LogP contribution in [0.15, 0.2) is 30.3 Å². The van der Waals surface area contributed by atoms with Gasteiger partial charge in [-0.05, 0) is 37.5 Å². The lowest BCUT2D eigenvalue weighted by atomic mass is 10.2. The van der Waals surface area contributed by atoms with Crippen LogP contribution in [0.3, 0.4) is 0 Å². The van der Waals surface area contributed by atoms with E-state index in [2.05, 4.69) is 15.2 Å². The van der Waals surface area contributed by atoms with E-state index < -0.39 is 0 Å². The first-order valence-electron chi connectivity index (χ1n) is 8.30. The highest BCUT2D eigenvalue weighted by Crippen LogP contribution is 2.19. The molecular weight excluding hydrogens is 308 g/mol. The Kier molecular flexibility index (Phi) is 5.34. The lowest BCUT2D eigenvalue weighted by Gasteiger charge is -2.21. The van der Waals surface area contributed by atoms with Gasteiger partial charge in [0.15, 0.2) is 0 Å². The van der Waals surface area contributed by atoms with E-state index in [9.17, 15) is 0 Å². The lowest BCUT2D eigenvalue weighted by molar-refractivity contribution is 0.726. The van der Waals surface area contributed by atoms with Gasteiger partial charge in [0.05, 0.1) is 0 Å². The number of nitrogens with one attached hydrogen (secondary N) is 1. The first kappa shape index (κ1) is 16.1. The van der Waals surface area contributed by atoms with Crippen LogP contribution in [0.1, 0.15) is 36.9 Å². The van der Waals surface area contributed by atoms with Crippen LogP contribution in [0.5, 0.6) is 0 Å². The smallest absolute Gasteiger partial charge is 0.227 e. The molecule has 122 valence electrons. The zero-order valence-electron chi connectivity index (χ0n) is 13.6. The molecule has 1 aliphatic heterocycles. The molecule has 0 amide bonds. The minimum absolute atomic E-state index is 0.729. The quantitative estimate of drug-likeness (QED) is 0.900. The van der Waals surface area contributed by atoms with E-state index in [4.69, 9.17) is 16.6 Å². The van der Waals surface area contributed by atoms with Gasteiger partial charge in [-0.25, -0.2) is 4.98 Å². The molecule has 0 bridgehead atoms. The van der Waals surface area contributed by atoms with Crippen LogP contribution in [0.25, 0.3) is 0 Å². The molecule has 1 fully saturated rings. The summed E-state index contributed by atoms with van der Waals surface area (Å²) in [6, 6.07) is 9.87. The lowest BCUT2D eigenvalue weighted by Crippen LogP contribution is -2.26. The van der Waals surface area contributed by atoms with Crippen molar-refractivity contribution in [2.24, 2.45) is 0 Å². The van der Waals surface area contributed by atoms with Crippen molar-refractivity contribution in [2.45, 2.75) is 39.2 Å². The van der Waals surface area contributed by atoms with Crippen molar-refractivity contribution in [3.8, 4) is 0 Å². The molecule has 5 heteroatoms. The summed E-state index contributed by atoms with van der Waals surface area (Å²) in [6.07, 6.45) is 5.07. The summed E-state index contributed by atoms with van der Waals surface area (Å²) in [6.45, 7) is 4.86. The third-order valence-corrected chi connectivity index (χ3v) is 4.37. The normalized spacial score (nSPS) is 15.3. The van der Waals surface area contributed by atoms with E-state index >= 15 is 0 Å². The van der Waals surface area contributed by atoms with Crippen molar-refractivity contribution < 1.29 is 0 Å². The molecule has 0 aliphatic carbocycles. The second-order valence-electron chi connectivity index (χ2n) is 6.08. The van der Waals surface area contributed by atoms with Gasteiger partial charge in [0.1, 0.15) is 5.82 Å². The maximum atomic E-state index is 5.92. The summed E-state index contributed by atoms with van der Waals surface area (Å²) in [5.41, 5.74) is 2.18. The topological polar surface area (TPSA) is 41.1 Å². The predicted molar refractivity (Wildman–Crippen MR) is 96.2 cm³/mol. The maximum Gasteiger partial charge on any atom is 0.227 e.